The van der Waals surface area contributed by atoms with E-state index in [1.54, 1.807) is 6.92 Å². The van der Waals surface area contributed by atoms with Gasteiger partial charge in [-0.2, -0.15) is 0 Å². The molecule has 1 unspecified atom stereocenters. The molecule has 0 bridgehead atoms. The van der Waals surface area contributed by atoms with Crippen molar-refractivity contribution in [3.8, 4) is 0 Å². The molecular formula is C10H21NO3. The third-order valence-corrected chi connectivity index (χ3v) is 1.82. The van der Waals surface area contributed by atoms with Gasteiger partial charge in [-0.1, -0.05) is 6.92 Å². The van der Waals surface area contributed by atoms with Gasteiger partial charge in [0.1, 0.15) is 6.04 Å². The Morgan fingerprint density at radius 1 is 1.43 bits per heavy atom. The van der Waals surface area contributed by atoms with Crippen LogP contribution < -0.4 is 5.32 Å². The van der Waals surface area contributed by atoms with Crippen molar-refractivity contribution in [3.05, 3.63) is 0 Å². The molecule has 0 aromatic rings. The van der Waals surface area contributed by atoms with E-state index in [9.17, 15) is 4.79 Å². The van der Waals surface area contributed by atoms with E-state index < -0.39 is 0 Å². The number of ether oxygens (including phenoxy) is 2. The van der Waals surface area contributed by atoms with Crippen molar-refractivity contribution in [2.24, 2.45) is 0 Å². The maximum Gasteiger partial charge on any atom is 0.322 e. The van der Waals surface area contributed by atoms with Crippen LogP contribution in [0.5, 0.6) is 0 Å². The zero-order valence-electron chi connectivity index (χ0n) is 9.34. The number of nitrogens with one attached hydrogen (secondary N) is 1. The molecule has 0 saturated carbocycles. The van der Waals surface area contributed by atoms with Crippen LogP contribution in [0.3, 0.4) is 0 Å². The van der Waals surface area contributed by atoms with Gasteiger partial charge in [-0.3, -0.25) is 4.79 Å². The van der Waals surface area contributed by atoms with Crippen molar-refractivity contribution in [1.29, 1.82) is 0 Å². The average molecular weight is 203 g/mol. The maximum atomic E-state index is 11.0. The van der Waals surface area contributed by atoms with E-state index in [1.807, 2.05) is 0 Å². The molecule has 0 rings (SSSR count). The van der Waals surface area contributed by atoms with Crippen LogP contribution in [0.4, 0.5) is 0 Å². The normalized spacial score (nSPS) is 12.5. The van der Waals surface area contributed by atoms with Gasteiger partial charge < -0.3 is 14.8 Å². The Kier molecular flexibility index (Phi) is 8.57. The van der Waals surface area contributed by atoms with E-state index in [2.05, 4.69) is 17.0 Å². The molecule has 0 amide bonds. The molecule has 0 aromatic heterocycles. The van der Waals surface area contributed by atoms with Gasteiger partial charge in [0.2, 0.25) is 0 Å². The number of hydrogen-bond donors (Lipinski definition) is 1. The van der Waals surface area contributed by atoms with Gasteiger partial charge in [0, 0.05) is 13.2 Å². The SMILES string of the molecule is CCCOCCCNC(C)C(=O)OC. The van der Waals surface area contributed by atoms with Gasteiger partial charge in [0.25, 0.3) is 0 Å². The van der Waals surface area contributed by atoms with Gasteiger partial charge in [0.15, 0.2) is 0 Å². The van der Waals surface area contributed by atoms with Crippen molar-refractivity contribution in [2.45, 2.75) is 32.7 Å². The summed E-state index contributed by atoms with van der Waals surface area (Å²) in [5, 5.41) is 3.06. The summed E-state index contributed by atoms with van der Waals surface area (Å²) in [7, 11) is 1.39. The second-order valence-electron chi connectivity index (χ2n) is 3.16. The summed E-state index contributed by atoms with van der Waals surface area (Å²) in [4.78, 5) is 11.0. The molecule has 0 fully saturated rings. The first-order valence-electron chi connectivity index (χ1n) is 5.11. The maximum absolute atomic E-state index is 11.0. The average Bonchev–Trinajstić information content (AvgIpc) is 2.21. The Labute approximate surface area is 86.0 Å². The Morgan fingerprint density at radius 2 is 2.14 bits per heavy atom. The molecule has 0 aliphatic carbocycles. The van der Waals surface area contributed by atoms with Crippen molar-refractivity contribution in [3.63, 3.8) is 0 Å². The Hall–Kier alpha value is -0.610. The summed E-state index contributed by atoms with van der Waals surface area (Å²) in [5.74, 6) is -0.223. The Balaban J connectivity index is 3.23. The van der Waals surface area contributed by atoms with Gasteiger partial charge >= 0.3 is 5.97 Å². The first-order valence-corrected chi connectivity index (χ1v) is 5.11. The fraction of sp³-hybridized carbons (Fsp3) is 0.900. The van der Waals surface area contributed by atoms with Gasteiger partial charge in [-0.15, -0.1) is 0 Å². The van der Waals surface area contributed by atoms with Crippen LogP contribution in [0.2, 0.25) is 0 Å². The predicted octanol–water partition coefficient (Wildman–Crippen LogP) is 0.954. The van der Waals surface area contributed by atoms with E-state index in [1.165, 1.54) is 7.11 Å². The molecule has 1 N–H and O–H groups in total. The molecule has 84 valence electrons. The summed E-state index contributed by atoms with van der Waals surface area (Å²) >= 11 is 0. The highest BCUT2D eigenvalue weighted by molar-refractivity contribution is 5.74. The van der Waals surface area contributed by atoms with Crippen LogP contribution in [0.1, 0.15) is 26.7 Å². The van der Waals surface area contributed by atoms with E-state index in [4.69, 9.17) is 4.74 Å². The van der Waals surface area contributed by atoms with Gasteiger partial charge in [-0.25, -0.2) is 0 Å². The van der Waals surface area contributed by atoms with Gasteiger partial charge in [0.05, 0.1) is 7.11 Å². The quantitative estimate of drug-likeness (QED) is 0.471. The topological polar surface area (TPSA) is 47.6 Å². The van der Waals surface area contributed by atoms with Crippen molar-refractivity contribution < 1.29 is 14.3 Å². The molecule has 4 heteroatoms. The van der Waals surface area contributed by atoms with E-state index >= 15 is 0 Å². The third kappa shape index (κ3) is 6.86. The lowest BCUT2D eigenvalue weighted by Gasteiger charge is -2.10. The van der Waals surface area contributed by atoms with E-state index in [-0.39, 0.29) is 12.0 Å². The minimum absolute atomic E-state index is 0.223. The highest BCUT2D eigenvalue weighted by atomic mass is 16.5. The standard InChI is InChI=1S/C10H21NO3/c1-4-7-14-8-5-6-11-9(2)10(12)13-3/h9,11H,4-8H2,1-3H3. The Morgan fingerprint density at radius 3 is 2.71 bits per heavy atom. The van der Waals surface area contributed by atoms with Crippen molar-refractivity contribution >= 4 is 5.97 Å². The predicted molar refractivity (Wildman–Crippen MR) is 55.2 cm³/mol. The van der Waals surface area contributed by atoms with E-state index in [0.717, 1.165) is 32.6 Å². The van der Waals surface area contributed by atoms with Gasteiger partial charge in [-0.05, 0) is 26.3 Å². The number of hydrogen-bond acceptors (Lipinski definition) is 4. The fourth-order valence-corrected chi connectivity index (χ4v) is 0.999. The third-order valence-electron chi connectivity index (χ3n) is 1.82. The molecule has 0 saturated heterocycles. The molecule has 0 radical (unpaired) electrons. The Bertz CT molecular complexity index is 150. The van der Waals surface area contributed by atoms with Crippen LogP contribution in [0, 0.1) is 0 Å². The number of esters is 1. The molecule has 0 aliphatic rings. The monoisotopic (exact) mass is 203 g/mol. The van der Waals surface area contributed by atoms with Crippen LogP contribution in [-0.4, -0.2) is 38.9 Å². The summed E-state index contributed by atoms with van der Waals surface area (Å²) in [6.45, 7) is 6.21. The number of methoxy groups -OCH3 is 1. The fourth-order valence-electron chi connectivity index (χ4n) is 0.999. The minimum Gasteiger partial charge on any atom is -0.468 e. The van der Waals surface area contributed by atoms with E-state index in [0.29, 0.717) is 0 Å². The number of carbonyl (C=O) groups excluding carboxylic acids is 1. The number of rotatable bonds is 8. The lowest BCUT2D eigenvalue weighted by atomic mass is 10.3. The highest BCUT2D eigenvalue weighted by Gasteiger charge is 2.10. The van der Waals surface area contributed by atoms with Crippen LogP contribution in [0.25, 0.3) is 0 Å². The molecule has 0 aromatic carbocycles. The first kappa shape index (κ1) is 13.4. The zero-order chi connectivity index (χ0) is 10.8. The molecular weight excluding hydrogens is 182 g/mol. The van der Waals surface area contributed by atoms with Crippen LogP contribution in [0.15, 0.2) is 0 Å². The molecule has 0 heterocycles. The van der Waals surface area contributed by atoms with Crippen LogP contribution in [-0.2, 0) is 14.3 Å². The number of carbonyl (C=O) groups is 1. The molecule has 4 nitrogen and oxygen atoms in total. The molecule has 1 atom stereocenters. The summed E-state index contributed by atoms with van der Waals surface area (Å²) in [6.07, 6.45) is 1.97. The highest BCUT2D eigenvalue weighted by Crippen LogP contribution is 1.88. The zero-order valence-corrected chi connectivity index (χ0v) is 9.34. The van der Waals surface area contributed by atoms with Crippen molar-refractivity contribution in [1.82, 2.24) is 5.32 Å². The largest absolute Gasteiger partial charge is 0.468 e. The summed E-state index contributed by atoms with van der Waals surface area (Å²) in [6, 6.07) is -0.230. The summed E-state index contributed by atoms with van der Waals surface area (Å²) < 4.78 is 9.87. The van der Waals surface area contributed by atoms with Crippen LogP contribution >= 0.6 is 0 Å². The summed E-state index contributed by atoms with van der Waals surface area (Å²) in [5.41, 5.74) is 0. The minimum atomic E-state index is -0.230. The molecule has 0 aliphatic heterocycles. The lowest BCUT2D eigenvalue weighted by molar-refractivity contribution is -0.142. The molecule has 0 spiro atoms. The second-order valence-corrected chi connectivity index (χ2v) is 3.16. The lowest BCUT2D eigenvalue weighted by Crippen LogP contribution is -2.35. The molecule has 14 heavy (non-hydrogen) atoms. The smallest absolute Gasteiger partial charge is 0.322 e. The first-order chi connectivity index (χ1) is 6.72. The second kappa shape index (κ2) is 8.97. The van der Waals surface area contributed by atoms with Crippen molar-refractivity contribution in [2.75, 3.05) is 26.9 Å².